The van der Waals surface area contributed by atoms with Crippen molar-refractivity contribution in [2.24, 2.45) is 4.99 Å². The Labute approximate surface area is 164 Å². The van der Waals surface area contributed by atoms with E-state index in [1.807, 2.05) is 32.0 Å². The van der Waals surface area contributed by atoms with E-state index >= 15 is 0 Å². The second-order valence-corrected chi connectivity index (χ2v) is 7.97. The van der Waals surface area contributed by atoms with Gasteiger partial charge in [-0.25, -0.2) is 0 Å². The smallest absolute Gasteiger partial charge is 0.339 e. The molecule has 138 valence electrons. The van der Waals surface area contributed by atoms with Gasteiger partial charge < -0.3 is 4.18 Å². The van der Waals surface area contributed by atoms with Crippen LogP contribution in [-0.4, -0.2) is 14.6 Å². The normalized spacial score (nSPS) is 11.7. The van der Waals surface area contributed by atoms with Gasteiger partial charge in [0.05, 0.1) is 10.7 Å². The molecule has 0 spiro atoms. The van der Waals surface area contributed by atoms with E-state index in [9.17, 15) is 8.42 Å². The Morgan fingerprint density at radius 3 is 2.41 bits per heavy atom. The summed E-state index contributed by atoms with van der Waals surface area (Å²) >= 11 is 6.21. The van der Waals surface area contributed by atoms with Gasteiger partial charge in [0.25, 0.3) is 0 Å². The molecule has 0 aromatic heterocycles. The molecular weight excluding hydrogens is 382 g/mol. The minimum Gasteiger partial charge on any atom is -0.377 e. The fraction of sp³-hybridized carbons (Fsp3) is 0.0952. The molecule has 27 heavy (non-hydrogen) atoms. The Morgan fingerprint density at radius 2 is 1.70 bits per heavy atom. The van der Waals surface area contributed by atoms with Gasteiger partial charge in [-0.1, -0.05) is 41.9 Å². The first kappa shape index (κ1) is 19.1. The summed E-state index contributed by atoms with van der Waals surface area (Å²) < 4.78 is 29.8. The minimum absolute atomic E-state index is 0.0710. The van der Waals surface area contributed by atoms with Crippen molar-refractivity contribution in [1.29, 1.82) is 0 Å². The molecule has 0 fully saturated rings. The van der Waals surface area contributed by atoms with Crippen LogP contribution in [-0.2, 0) is 10.1 Å². The van der Waals surface area contributed by atoms with Gasteiger partial charge in [-0.2, -0.15) is 8.42 Å². The Bertz CT molecular complexity index is 1090. The molecule has 0 unspecified atom stereocenters. The number of aliphatic imine (C=N–C) groups is 1. The fourth-order valence-corrected chi connectivity index (χ4v) is 3.68. The second-order valence-electron chi connectivity index (χ2n) is 6.02. The van der Waals surface area contributed by atoms with Crippen molar-refractivity contribution in [3.63, 3.8) is 0 Å². The first-order valence-electron chi connectivity index (χ1n) is 8.26. The van der Waals surface area contributed by atoms with Crippen LogP contribution in [0.15, 0.2) is 76.6 Å². The summed E-state index contributed by atoms with van der Waals surface area (Å²) in [4.78, 5) is 4.56. The molecule has 3 aromatic rings. The number of hydrogen-bond acceptors (Lipinski definition) is 4. The zero-order chi connectivity index (χ0) is 19.4. The number of hydrogen-bond donors (Lipinski definition) is 0. The van der Waals surface area contributed by atoms with Crippen LogP contribution in [0.1, 0.15) is 16.7 Å². The summed E-state index contributed by atoms with van der Waals surface area (Å²) in [5, 5.41) is 0.194. The lowest BCUT2D eigenvalue weighted by Gasteiger charge is -2.09. The molecule has 0 aliphatic heterocycles. The molecule has 0 saturated heterocycles. The molecule has 3 rings (SSSR count). The molecule has 0 amide bonds. The highest BCUT2D eigenvalue weighted by Crippen LogP contribution is 2.28. The summed E-state index contributed by atoms with van der Waals surface area (Å²) in [5.41, 5.74) is 3.88. The highest BCUT2D eigenvalue weighted by atomic mass is 35.5. The van der Waals surface area contributed by atoms with Crippen molar-refractivity contribution in [3.05, 3.63) is 88.4 Å². The van der Waals surface area contributed by atoms with E-state index in [1.165, 1.54) is 18.2 Å². The van der Waals surface area contributed by atoms with Gasteiger partial charge in [0, 0.05) is 6.21 Å². The average Bonchev–Trinajstić information content (AvgIpc) is 2.65. The molecule has 6 heteroatoms. The monoisotopic (exact) mass is 399 g/mol. The van der Waals surface area contributed by atoms with Crippen LogP contribution in [0.4, 0.5) is 5.69 Å². The molecule has 4 nitrogen and oxygen atoms in total. The van der Waals surface area contributed by atoms with Crippen molar-refractivity contribution < 1.29 is 12.6 Å². The largest absolute Gasteiger partial charge is 0.377 e. The van der Waals surface area contributed by atoms with Crippen LogP contribution in [0.25, 0.3) is 0 Å². The number of halogens is 1. The molecule has 0 heterocycles. The summed E-state index contributed by atoms with van der Waals surface area (Å²) in [6.07, 6.45) is 1.68. The third-order valence-electron chi connectivity index (χ3n) is 4.12. The van der Waals surface area contributed by atoms with Crippen molar-refractivity contribution in [2.45, 2.75) is 18.7 Å². The molecule has 0 atom stereocenters. The van der Waals surface area contributed by atoms with Gasteiger partial charge in [0.1, 0.15) is 4.90 Å². The summed E-state index contributed by atoms with van der Waals surface area (Å²) in [6, 6.07) is 18.7. The fourth-order valence-electron chi connectivity index (χ4n) is 2.44. The Morgan fingerprint density at radius 1 is 0.963 bits per heavy atom. The van der Waals surface area contributed by atoms with Crippen molar-refractivity contribution in [2.75, 3.05) is 0 Å². The Kier molecular flexibility index (Phi) is 5.63. The molecule has 0 aliphatic rings. The van der Waals surface area contributed by atoms with Gasteiger partial charge in [0.2, 0.25) is 0 Å². The summed E-state index contributed by atoms with van der Waals surface area (Å²) in [6.45, 7) is 4.05. The van der Waals surface area contributed by atoms with Gasteiger partial charge in [-0.05, 0) is 66.9 Å². The van der Waals surface area contributed by atoms with Crippen molar-refractivity contribution in [1.82, 2.24) is 0 Å². The predicted octanol–water partition coefficient (Wildman–Crippen LogP) is 5.48. The van der Waals surface area contributed by atoms with Crippen LogP contribution in [0.2, 0.25) is 5.02 Å². The Balaban J connectivity index is 1.82. The number of aryl methyl sites for hydroxylation is 1. The van der Waals surface area contributed by atoms with Gasteiger partial charge in [-0.3, -0.25) is 4.99 Å². The standard InChI is InChI=1S/C21H18ClNO3S/c1-15-7-6-10-20(16(15)2)23-14-17-11-12-21(19(22)13-17)26-27(24,25)18-8-4-3-5-9-18/h3-14H,1-2H3. The first-order chi connectivity index (χ1) is 12.9. The third kappa shape index (κ3) is 4.56. The van der Waals surface area contributed by atoms with E-state index in [0.29, 0.717) is 0 Å². The lowest BCUT2D eigenvalue weighted by Crippen LogP contribution is -2.09. The van der Waals surface area contributed by atoms with E-state index in [1.54, 1.807) is 36.5 Å². The number of rotatable bonds is 5. The zero-order valence-corrected chi connectivity index (χ0v) is 16.5. The third-order valence-corrected chi connectivity index (χ3v) is 5.66. The summed E-state index contributed by atoms with van der Waals surface area (Å²) in [7, 11) is -3.93. The quantitative estimate of drug-likeness (QED) is 0.422. The molecule has 0 radical (unpaired) electrons. The lowest BCUT2D eigenvalue weighted by atomic mass is 10.1. The van der Waals surface area contributed by atoms with Gasteiger partial charge in [0.15, 0.2) is 5.75 Å². The van der Waals surface area contributed by atoms with E-state index < -0.39 is 10.1 Å². The topological polar surface area (TPSA) is 55.7 Å². The first-order valence-corrected chi connectivity index (χ1v) is 10.0. The van der Waals surface area contributed by atoms with Crippen LogP contribution >= 0.6 is 11.6 Å². The SMILES string of the molecule is Cc1cccc(N=Cc2ccc(OS(=O)(=O)c3ccccc3)c(Cl)c2)c1C. The highest BCUT2D eigenvalue weighted by molar-refractivity contribution is 7.87. The molecule has 0 saturated carbocycles. The zero-order valence-electron chi connectivity index (χ0n) is 14.9. The summed E-state index contributed by atoms with van der Waals surface area (Å²) in [5.74, 6) is 0.0735. The van der Waals surface area contributed by atoms with E-state index in [0.717, 1.165) is 22.4 Å². The van der Waals surface area contributed by atoms with Crippen LogP contribution in [0, 0.1) is 13.8 Å². The van der Waals surface area contributed by atoms with E-state index in [2.05, 4.69) is 4.99 Å². The molecule has 0 bridgehead atoms. The molecule has 0 aliphatic carbocycles. The second kappa shape index (κ2) is 7.94. The molecule has 3 aromatic carbocycles. The van der Waals surface area contributed by atoms with Gasteiger partial charge in [-0.15, -0.1) is 0 Å². The number of benzene rings is 3. The van der Waals surface area contributed by atoms with Crippen molar-refractivity contribution in [3.8, 4) is 5.75 Å². The maximum Gasteiger partial charge on any atom is 0.339 e. The van der Waals surface area contributed by atoms with Crippen LogP contribution in [0.3, 0.4) is 0 Å². The van der Waals surface area contributed by atoms with Crippen molar-refractivity contribution >= 4 is 33.6 Å². The minimum atomic E-state index is -3.93. The van der Waals surface area contributed by atoms with E-state index in [-0.39, 0.29) is 15.7 Å². The van der Waals surface area contributed by atoms with E-state index in [4.69, 9.17) is 15.8 Å². The van der Waals surface area contributed by atoms with Crippen LogP contribution < -0.4 is 4.18 Å². The molecular formula is C21H18ClNO3S. The number of nitrogens with zero attached hydrogens (tertiary/aromatic N) is 1. The lowest BCUT2D eigenvalue weighted by molar-refractivity contribution is 0.486. The maximum atomic E-state index is 12.3. The Hall–Kier alpha value is -2.63. The predicted molar refractivity (Wildman–Crippen MR) is 109 cm³/mol. The molecule has 0 N–H and O–H groups in total. The maximum absolute atomic E-state index is 12.3. The van der Waals surface area contributed by atoms with Gasteiger partial charge >= 0.3 is 10.1 Å². The highest BCUT2D eigenvalue weighted by Gasteiger charge is 2.17. The average molecular weight is 400 g/mol. The van der Waals surface area contributed by atoms with Crippen LogP contribution in [0.5, 0.6) is 5.75 Å².